The molecule has 2 heterocycles. The summed E-state index contributed by atoms with van der Waals surface area (Å²) in [6.07, 6.45) is 0.215. The van der Waals surface area contributed by atoms with E-state index < -0.39 is 29.7 Å². The molecule has 0 saturated carbocycles. The highest BCUT2D eigenvalue weighted by atomic mass is 16.5. The molecule has 1 atom stereocenters. The van der Waals surface area contributed by atoms with Gasteiger partial charge in [0, 0.05) is 25.2 Å². The second-order valence-corrected chi connectivity index (χ2v) is 7.26. The van der Waals surface area contributed by atoms with E-state index in [4.69, 9.17) is 19.9 Å². The van der Waals surface area contributed by atoms with E-state index in [-0.39, 0.29) is 24.0 Å². The average Bonchev–Trinajstić information content (AvgIpc) is 3.02. The van der Waals surface area contributed by atoms with Gasteiger partial charge in [0.2, 0.25) is 11.8 Å². The molecule has 0 spiro atoms. The molecular formula is C21H28N4O7. The molecule has 0 radical (unpaired) electrons. The van der Waals surface area contributed by atoms with Crippen LogP contribution in [0.5, 0.6) is 0 Å². The number of imide groups is 2. The summed E-state index contributed by atoms with van der Waals surface area (Å²) in [7, 11) is 0. The van der Waals surface area contributed by atoms with Crippen LogP contribution in [-0.4, -0.2) is 87.3 Å². The molecule has 1 unspecified atom stereocenters. The lowest BCUT2D eigenvalue weighted by Crippen LogP contribution is -2.54. The fraction of sp³-hybridized carbons (Fsp3) is 0.524. The number of carbonyl (C=O) groups excluding carboxylic acids is 4. The summed E-state index contributed by atoms with van der Waals surface area (Å²) in [5.41, 5.74) is 6.45. The lowest BCUT2D eigenvalue weighted by atomic mass is 10.0. The number of ether oxygens (including phenoxy) is 3. The van der Waals surface area contributed by atoms with Crippen molar-refractivity contribution < 1.29 is 33.4 Å². The first-order chi connectivity index (χ1) is 15.5. The fourth-order valence-electron chi connectivity index (χ4n) is 3.47. The minimum Gasteiger partial charge on any atom is -0.383 e. The highest BCUT2D eigenvalue weighted by Gasteiger charge is 2.44. The topological polar surface area (TPSA) is 149 Å². The Morgan fingerprint density at radius 1 is 0.938 bits per heavy atom. The zero-order valence-electron chi connectivity index (χ0n) is 17.8. The number of benzene rings is 1. The number of anilines is 1. The zero-order valence-corrected chi connectivity index (χ0v) is 17.8. The van der Waals surface area contributed by atoms with Crippen molar-refractivity contribution in [1.29, 1.82) is 0 Å². The van der Waals surface area contributed by atoms with Gasteiger partial charge in [0.05, 0.1) is 50.8 Å². The van der Waals surface area contributed by atoms with E-state index >= 15 is 0 Å². The van der Waals surface area contributed by atoms with Crippen molar-refractivity contribution in [2.75, 3.05) is 58.0 Å². The van der Waals surface area contributed by atoms with Gasteiger partial charge in [0.15, 0.2) is 0 Å². The van der Waals surface area contributed by atoms with Crippen LogP contribution in [0, 0.1) is 0 Å². The Bertz CT molecular complexity index is 861. The number of nitrogens with zero attached hydrogens (tertiary/aromatic N) is 1. The smallest absolute Gasteiger partial charge is 0.262 e. The second-order valence-electron chi connectivity index (χ2n) is 7.26. The van der Waals surface area contributed by atoms with Crippen LogP contribution in [0.4, 0.5) is 5.69 Å². The number of fused-ring (bicyclic) bond motifs is 1. The summed E-state index contributed by atoms with van der Waals surface area (Å²) in [6, 6.07) is 3.87. The van der Waals surface area contributed by atoms with Gasteiger partial charge in [-0.25, -0.2) is 0 Å². The third kappa shape index (κ3) is 5.88. The maximum Gasteiger partial charge on any atom is 0.262 e. The number of nitrogens with two attached hydrogens (primary N) is 1. The molecule has 32 heavy (non-hydrogen) atoms. The van der Waals surface area contributed by atoms with Gasteiger partial charge in [-0.05, 0) is 24.6 Å². The minimum atomic E-state index is -0.973. The standard InChI is InChI=1S/C21H28N4O7/c22-5-7-30-9-11-32-12-10-31-8-6-23-14-1-2-15-16(13-14)21(29)25(20(15)28)17-3-4-18(26)24-19(17)27/h1-2,13,17,23H,3-12,22H2,(H,24,26,27). The van der Waals surface area contributed by atoms with Crippen molar-refractivity contribution in [2.24, 2.45) is 5.73 Å². The van der Waals surface area contributed by atoms with Crippen molar-refractivity contribution in [3.8, 4) is 0 Å². The molecule has 11 nitrogen and oxygen atoms in total. The molecule has 1 fully saturated rings. The van der Waals surface area contributed by atoms with Crippen LogP contribution in [0.2, 0.25) is 0 Å². The molecule has 174 valence electrons. The van der Waals surface area contributed by atoms with Crippen LogP contribution in [0.3, 0.4) is 0 Å². The van der Waals surface area contributed by atoms with Gasteiger partial charge in [0.25, 0.3) is 11.8 Å². The predicted octanol–water partition coefficient (Wildman–Crippen LogP) is -0.492. The van der Waals surface area contributed by atoms with Gasteiger partial charge in [-0.3, -0.25) is 29.4 Å². The quantitative estimate of drug-likeness (QED) is 0.268. The molecule has 0 bridgehead atoms. The van der Waals surface area contributed by atoms with Crippen LogP contribution < -0.4 is 16.4 Å². The molecule has 1 aromatic rings. The fourth-order valence-corrected chi connectivity index (χ4v) is 3.47. The molecule has 0 aromatic heterocycles. The number of hydrogen-bond acceptors (Lipinski definition) is 9. The molecule has 1 saturated heterocycles. The number of amides is 4. The molecule has 11 heteroatoms. The van der Waals surface area contributed by atoms with Crippen LogP contribution in [0.15, 0.2) is 18.2 Å². The van der Waals surface area contributed by atoms with Crippen molar-refractivity contribution in [1.82, 2.24) is 10.2 Å². The zero-order chi connectivity index (χ0) is 22.9. The van der Waals surface area contributed by atoms with Gasteiger partial charge in [-0.1, -0.05) is 0 Å². The van der Waals surface area contributed by atoms with E-state index in [1.165, 1.54) is 0 Å². The third-order valence-electron chi connectivity index (χ3n) is 5.02. The minimum absolute atomic E-state index is 0.0870. The highest BCUT2D eigenvalue weighted by Crippen LogP contribution is 2.29. The van der Waals surface area contributed by atoms with Crippen LogP contribution in [-0.2, 0) is 23.8 Å². The largest absolute Gasteiger partial charge is 0.383 e. The molecule has 2 aliphatic heterocycles. The molecular weight excluding hydrogens is 420 g/mol. The average molecular weight is 448 g/mol. The monoisotopic (exact) mass is 448 g/mol. The van der Waals surface area contributed by atoms with E-state index in [9.17, 15) is 19.2 Å². The Labute approximate surface area is 185 Å². The Morgan fingerprint density at radius 2 is 1.59 bits per heavy atom. The summed E-state index contributed by atoms with van der Waals surface area (Å²) in [6.45, 7) is 3.81. The molecule has 4 N–H and O–H groups in total. The normalized spacial score (nSPS) is 18.2. The van der Waals surface area contributed by atoms with Gasteiger partial charge in [0.1, 0.15) is 6.04 Å². The van der Waals surface area contributed by atoms with Crippen LogP contribution in [0.1, 0.15) is 33.6 Å². The first kappa shape index (κ1) is 23.8. The summed E-state index contributed by atoms with van der Waals surface area (Å²) >= 11 is 0. The summed E-state index contributed by atoms with van der Waals surface area (Å²) < 4.78 is 16.0. The van der Waals surface area contributed by atoms with Crippen molar-refractivity contribution in [3.63, 3.8) is 0 Å². The maximum absolute atomic E-state index is 12.8. The SMILES string of the molecule is NCCOCCOCCOCCNc1ccc2c(c1)C(=O)N(C1CCC(=O)NC1=O)C2=O. The number of piperidine rings is 1. The second kappa shape index (κ2) is 11.7. The first-order valence-corrected chi connectivity index (χ1v) is 10.6. The van der Waals surface area contributed by atoms with Gasteiger partial charge in [-0.2, -0.15) is 0 Å². The highest BCUT2D eigenvalue weighted by molar-refractivity contribution is 6.23. The number of carbonyl (C=O) groups is 4. The summed E-state index contributed by atoms with van der Waals surface area (Å²) in [5.74, 6) is -2.09. The predicted molar refractivity (Wildman–Crippen MR) is 113 cm³/mol. The Hall–Kier alpha value is -2.86. The third-order valence-corrected chi connectivity index (χ3v) is 5.02. The molecule has 4 amide bonds. The number of nitrogens with one attached hydrogen (secondary N) is 2. The molecule has 0 aliphatic carbocycles. The van der Waals surface area contributed by atoms with Gasteiger partial charge < -0.3 is 25.3 Å². The summed E-state index contributed by atoms with van der Waals surface area (Å²) in [5, 5.41) is 5.32. The van der Waals surface area contributed by atoms with E-state index in [1.54, 1.807) is 18.2 Å². The Morgan fingerprint density at radius 3 is 2.28 bits per heavy atom. The van der Waals surface area contributed by atoms with E-state index in [0.29, 0.717) is 58.4 Å². The van der Waals surface area contributed by atoms with E-state index in [2.05, 4.69) is 10.6 Å². The van der Waals surface area contributed by atoms with E-state index in [1.807, 2.05) is 0 Å². The Kier molecular flexibility index (Phi) is 8.68. The molecule has 3 rings (SSSR count). The lowest BCUT2D eigenvalue weighted by Gasteiger charge is -2.27. The number of hydrogen-bond donors (Lipinski definition) is 3. The van der Waals surface area contributed by atoms with Crippen LogP contribution >= 0.6 is 0 Å². The Balaban J connectivity index is 1.42. The van der Waals surface area contributed by atoms with Crippen molar-refractivity contribution in [3.05, 3.63) is 29.3 Å². The lowest BCUT2D eigenvalue weighted by molar-refractivity contribution is -0.136. The van der Waals surface area contributed by atoms with Crippen molar-refractivity contribution in [2.45, 2.75) is 18.9 Å². The van der Waals surface area contributed by atoms with Gasteiger partial charge in [-0.15, -0.1) is 0 Å². The van der Waals surface area contributed by atoms with Crippen molar-refractivity contribution >= 4 is 29.3 Å². The maximum atomic E-state index is 12.8. The molecule has 1 aromatic carbocycles. The summed E-state index contributed by atoms with van der Waals surface area (Å²) in [4.78, 5) is 49.9. The van der Waals surface area contributed by atoms with E-state index in [0.717, 1.165) is 4.90 Å². The molecule has 2 aliphatic rings. The van der Waals surface area contributed by atoms with Crippen LogP contribution in [0.25, 0.3) is 0 Å². The number of rotatable bonds is 13. The first-order valence-electron chi connectivity index (χ1n) is 10.6. The van der Waals surface area contributed by atoms with Gasteiger partial charge >= 0.3 is 0 Å².